The van der Waals surface area contributed by atoms with Crippen LogP contribution < -0.4 is 5.32 Å². The Morgan fingerprint density at radius 1 is 1.47 bits per heavy atom. The van der Waals surface area contributed by atoms with Gasteiger partial charge in [0.05, 0.1) is 17.9 Å². The zero-order valence-corrected chi connectivity index (χ0v) is 7.96. The maximum atomic E-state index is 12.8. The number of rotatable bonds is 5. The van der Waals surface area contributed by atoms with Crippen LogP contribution in [0, 0.1) is 5.82 Å². The summed E-state index contributed by atoms with van der Waals surface area (Å²) in [5, 5.41) is 11.5. The first kappa shape index (κ1) is 11.4. The van der Waals surface area contributed by atoms with E-state index in [1.54, 1.807) is 0 Å². The molecule has 0 unspecified atom stereocenters. The van der Waals surface area contributed by atoms with Crippen LogP contribution in [0.1, 0.15) is 16.8 Å². The number of benzene rings is 1. The van der Waals surface area contributed by atoms with Gasteiger partial charge in [-0.3, -0.25) is 4.39 Å². The van der Waals surface area contributed by atoms with Crippen molar-refractivity contribution in [1.29, 1.82) is 0 Å². The molecule has 15 heavy (non-hydrogen) atoms. The molecule has 0 atom stereocenters. The number of halogens is 2. The molecule has 1 rings (SSSR count). The summed E-state index contributed by atoms with van der Waals surface area (Å²) >= 11 is 0. The first-order valence-corrected chi connectivity index (χ1v) is 4.48. The zero-order chi connectivity index (χ0) is 11.3. The molecule has 0 aliphatic heterocycles. The number of nitrogens with one attached hydrogen (secondary N) is 1. The van der Waals surface area contributed by atoms with E-state index in [4.69, 9.17) is 5.11 Å². The minimum atomic E-state index is -1.14. The molecule has 0 spiro atoms. The van der Waals surface area contributed by atoms with Gasteiger partial charge in [-0.2, -0.15) is 0 Å². The summed E-state index contributed by atoms with van der Waals surface area (Å²) in [6.45, 7) is -0.217. The first-order chi connectivity index (χ1) is 7.15. The predicted octanol–water partition coefficient (Wildman–Crippen LogP) is 2.30. The van der Waals surface area contributed by atoms with Gasteiger partial charge in [0.15, 0.2) is 0 Å². The van der Waals surface area contributed by atoms with E-state index < -0.39 is 18.5 Å². The highest BCUT2D eigenvalue weighted by Gasteiger charge is 2.10. The lowest BCUT2D eigenvalue weighted by molar-refractivity contribution is 0.0698. The Morgan fingerprint density at radius 3 is 2.80 bits per heavy atom. The van der Waals surface area contributed by atoms with E-state index in [1.165, 1.54) is 6.07 Å². The Hall–Kier alpha value is -1.65. The highest BCUT2D eigenvalue weighted by Crippen LogP contribution is 2.17. The Kier molecular flexibility index (Phi) is 4.03. The maximum Gasteiger partial charge on any atom is 0.337 e. The van der Waals surface area contributed by atoms with Gasteiger partial charge in [-0.25, -0.2) is 9.18 Å². The lowest BCUT2D eigenvalue weighted by Crippen LogP contribution is -2.08. The van der Waals surface area contributed by atoms with Crippen LogP contribution in [0.2, 0.25) is 0 Å². The standard InChI is InChI=1S/C10H11F2NO2/c11-4-1-5-13-9-6-7(12)2-3-8(9)10(14)15/h2-3,6,13H,1,4-5H2,(H,14,15). The summed E-state index contributed by atoms with van der Waals surface area (Å²) in [5.74, 6) is -1.67. The average Bonchev–Trinajstić information content (AvgIpc) is 2.18. The van der Waals surface area contributed by atoms with Crippen LogP contribution in [-0.4, -0.2) is 24.3 Å². The molecule has 0 saturated heterocycles. The van der Waals surface area contributed by atoms with Gasteiger partial charge in [0.1, 0.15) is 5.82 Å². The number of carboxylic acid groups (broad SMARTS) is 1. The van der Waals surface area contributed by atoms with Crippen LogP contribution in [0.3, 0.4) is 0 Å². The topological polar surface area (TPSA) is 49.3 Å². The number of carboxylic acids is 1. The summed E-state index contributed by atoms with van der Waals surface area (Å²) in [5.41, 5.74) is 0.159. The number of hydrogen-bond donors (Lipinski definition) is 2. The monoisotopic (exact) mass is 215 g/mol. The van der Waals surface area contributed by atoms with Gasteiger partial charge in [-0.1, -0.05) is 0 Å². The van der Waals surface area contributed by atoms with E-state index in [-0.39, 0.29) is 24.2 Å². The highest BCUT2D eigenvalue weighted by molar-refractivity contribution is 5.94. The number of hydrogen-bond acceptors (Lipinski definition) is 2. The van der Waals surface area contributed by atoms with Gasteiger partial charge in [0.2, 0.25) is 0 Å². The maximum absolute atomic E-state index is 12.8. The van der Waals surface area contributed by atoms with Crippen LogP contribution in [0.4, 0.5) is 14.5 Å². The van der Waals surface area contributed by atoms with Gasteiger partial charge < -0.3 is 10.4 Å². The molecule has 0 amide bonds. The molecule has 5 heteroatoms. The van der Waals surface area contributed by atoms with Gasteiger partial charge in [0, 0.05) is 6.54 Å². The Bertz CT molecular complexity index is 355. The quantitative estimate of drug-likeness (QED) is 0.741. The van der Waals surface area contributed by atoms with Crippen molar-refractivity contribution in [2.24, 2.45) is 0 Å². The van der Waals surface area contributed by atoms with Gasteiger partial charge in [0.25, 0.3) is 0 Å². The van der Waals surface area contributed by atoms with Crippen LogP contribution in [0.5, 0.6) is 0 Å². The molecule has 0 radical (unpaired) electrons. The minimum Gasteiger partial charge on any atom is -0.478 e. The van der Waals surface area contributed by atoms with Crippen molar-refractivity contribution in [3.05, 3.63) is 29.6 Å². The van der Waals surface area contributed by atoms with E-state index in [2.05, 4.69) is 5.32 Å². The van der Waals surface area contributed by atoms with Gasteiger partial charge in [-0.05, 0) is 24.6 Å². The van der Waals surface area contributed by atoms with E-state index in [1.807, 2.05) is 0 Å². The fourth-order valence-corrected chi connectivity index (χ4v) is 1.14. The number of anilines is 1. The average molecular weight is 215 g/mol. The first-order valence-electron chi connectivity index (χ1n) is 4.48. The zero-order valence-electron chi connectivity index (χ0n) is 7.96. The predicted molar refractivity (Wildman–Crippen MR) is 52.4 cm³/mol. The largest absolute Gasteiger partial charge is 0.478 e. The molecule has 0 aliphatic carbocycles. The molecule has 0 fully saturated rings. The fraction of sp³-hybridized carbons (Fsp3) is 0.300. The second kappa shape index (κ2) is 5.29. The summed E-state index contributed by atoms with van der Waals surface area (Å²) < 4.78 is 24.6. The minimum absolute atomic E-state index is 0.0183. The molecule has 0 aliphatic rings. The van der Waals surface area contributed by atoms with Crippen molar-refractivity contribution >= 4 is 11.7 Å². The summed E-state index contributed by atoms with van der Waals surface area (Å²) in [4.78, 5) is 10.7. The smallest absolute Gasteiger partial charge is 0.337 e. The van der Waals surface area contributed by atoms with E-state index in [0.29, 0.717) is 0 Å². The molecule has 3 nitrogen and oxygen atoms in total. The lowest BCUT2D eigenvalue weighted by Gasteiger charge is -2.08. The van der Waals surface area contributed by atoms with Crippen LogP contribution in [0.25, 0.3) is 0 Å². The van der Waals surface area contributed by atoms with Crippen molar-refractivity contribution in [3.8, 4) is 0 Å². The third-order valence-electron chi connectivity index (χ3n) is 1.84. The molecule has 1 aromatic carbocycles. The fourth-order valence-electron chi connectivity index (χ4n) is 1.14. The number of alkyl halides is 1. The second-order valence-electron chi connectivity index (χ2n) is 2.96. The molecule has 82 valence electrons. The molecule has 0 aromatic heterocycles. The molecular weight excluding hydrogens is 204 g/mol. The van der Waals surface area contributed by atoms with Crippen LogP contribution in [0.15, 0.2) is 18.2 Å². The molecule has 2 N–H and O–H groups in total. The SMILES string of the molecule is O=C(O)c1ccc(F)cc1NCCCF. The van der Waals surface area contributed by atoms with Crippen LogP contribution in [-0.2, 0) is 0 Å². The van der Waals surface area contributed by atoms with E-state index >= 15 is 0 Å². The molecule has 1 aromatic rings. The third-order valence-corrected chi connectivity index (χ3v) is 1.84. The van der Waals surface area contributed by atoms with Gasteiger partial charge >= 0.3 is 5.97 Å². The summed E-state index contributed by atoms with van der Waals surface area (Å²) in [7, 11) is 0. The molecule has 0 bridgehead atoms. The Labute approximate surface area is 85.7 Å². The van der Waals surface area contributed by atoms with Crippen molar-refractivity contribution in [2.75, 3.05) is 18.5 Å². The third kappa shape index (κ3) is 3.19. The van der Waals surface area contributed by atoms with E-state index in [0.717, 1.165) is 12.1 Å². The molecule has 0 saturated carbocycles. The van der Waals surface area contributed by atoms with Crippen molar-refractivity contribution in [2.45, 2.75) is 6.42 Å². The molecular formula is C10H11F2NO2. The number of carbonyl (C=O) groups is 1. The Balaban J connectivity index is 2.82. The normalized spacial score (nSPS) is 10.0. The highest BCUT2D eigenvalue weighted by atomic mass is 19.1. The van der Waals surface area contributed by atoms with Crippen molar-refractivity contribution in [1.82, 2.24) is 0 Å². The van der Waals surface area contributed by atoms with E-state index in [9.17, 15) is 13.6 Å². The van der Waals surface area contributed by atoms with Crippen LogP contribution >= 0.6 is 0 Å². The lowest BCUT2D eigenvalue weighted by atomic mass is 10.1. The van der Waals surface area contributed by atoms with Crippen molar-refractivity contribution in [3.63, 3.8) is 0 Å². The van der Waals surface area contributed by atoms with Gasteiger partial charge in [-0.15, -0.1) is 0 Å². The number of aromatic carboxylic acids is 1. The Morgan fingerprint density at radius 2 is 2.20 bits per heavy atom. The summed E-state index contributed by atoms with van der Waals surface area (Å²) in [6.07, 6.45) is 0.259. The second-order valence-corrected chi connectivity index (χ2v) is 2.96. The van der Waals surface area contributed by atoms with Crippen molar-refractivity contribution < 1.29 is 18.7 Å². The summed E-state index contributed by atoms with van der Waals surface area (Å²) in [6, 6.07) is 3.33. The molecule has 0 heterocycles.